The van der Waals surface area contributed by atoms with Gasteiger partial charge in [-0.3, -0.25) is 0 Å². The molecule has 1 unspecified atom stereocenters. The summed E-state index contributed by atoms with van der Waals surface area (Å²) in [5.74, 6) is 0. The number of hydrogen-bond donors (Lipinski definition) is 0. The Balaban J connectivity index is 2.28. The molecular weight excluding hydrogens is 228 g/mol. The van der Waals surface area contributed by atoms with Crippen LogP contribution in [-0.4, -0.2) is 0 Å². The lowest BCUT2D eigenvalue weighted by Gasteiger charge is -2.30. The molecule has 2 rings (SSSR count). The molecule has 0 spiro atoms. The van der Waals surface area contributed by atoms with Gasteiger partial charge in [-0.25, -0.2) is 0 Å². The molecule has 0 nitrogen and oxygen atoms in total. The van der Waals surface area contributed by atoms with Crippen LogP contribution in [0, 0.1) is 5.41 Å². The predicted octanol–water partition coefficient (Wildman–Crippen LogP) is 5.56. The highest BCUT2D eigenvalue weighted by atomic mass is 14.3. The van der Waals surface area contributed by atoms with Gasteiger partial charge in [0.1, 0.15) is 0 Å². The van der Waals surface area contributed by atoms with Gasteiger partial charge in [-0.1, -0.05) is 75.4 Å². The molecule has 1 aliphatic carbocycles. The van der Waals surface area contributed by atoms with E-state index in [2.05, 4.69) is 69.0 Å². The summed E-state index contributed by atoms with van der Waals surface area (Å²) < 4.78 is 0. The Morgan fingerprint density at radius 1 is 1.26 bits per heavy atom. The predicted molar refractivity (Wildman–Crippen MR) is 85.1 cm³/mol. The Bertz CT molecular complexity index is 505. The van der Waals surface area contributed by atoms with E-state index in [0.29, 0.717) is 0 Å². The first-order valence-corrected chi connectivity index (χ1v) is 7.29. The van der Waals surface area contributed by atoms with Crippen molar-refractivity contribution in [2.24, 2.45) is 5.41 Å². The van der Waals surface area contributed by atoms with Crippen LogP contribution in [0.3, 0.4) is 0 Å². The van der Waals surface area contributed by atoms with E-state index in [0.717, 1.165) is 12.8 Å². The number of aryl methyl sites for hydroxylation is 1. The first-order chi connectivity index (χ1) is 9.17. The van der Waals surface area contributed by atoms with Gasteiger partial charge in [0.15, 0.2) is 0 Å². The number of hydrogen-bond acceptors (Lipinski definition) is 0. The molecule has 19 heavy (non-hydrogen) atoms. The van der Waals surface area contributed by atoms with Crippen molar-refractivity contribution in [3.63, 3.8) is 0 Å². The third-order valence-electron chi connectivity index (χ3n) is 4.08. The van der Waals surface area contributed by atoms with Gasteiger partial charge < -0.3 is 0 Å². The third kappa shape index (κ3) is 3.07. The second-order valence-corrected chi connectivity index (χ2v) is 5.65. The van der Waals surface area contributed by atoms with Gasteiger partial charge in [0.05, 0.1) is 0 Å². The van der Waals surface area contributed by atoms with Crippen LogP contribution in [0.4, 0.5) is 0 Å². The summed E-state index contributed by atoms with van der Waals surface area (Å²) in [7, 11) is 0. The highest BCUT2D eigenvalue weighted by Gasteiger charge is 2.26. The van der Waals surface area contributed by atoms with Gasteiger partial charge in [-0.15, -0.1) is 0 Å². The summed E-state index contributed by atoms with van der Waals surface area (Å²) >= 11 is 0. The zero-order chi connectivity index (χ0) is 13.7. The highest BCUT2D eigenvalue weighted by molar-refractivity contribution is 5.72. The average Bonchev–Trinajstić information content (AvgIpc) is 2.45. The second kappa shape index (κ2) is 6.06. The monoisotopic (exact) mass is 252 g/mol. The fraction of sp³-hybridized carbons (Fsp3) is 0.368. The van der Waals surface area contributed by atoms with E-state index in [9.17, 15) is 0 Å². The van der Waals surface area contributed by atoms with E-state index in [1.807, 2.05) is 0 Å². The van der Waals surface area contributed by atoms with Crippen LogP contribution >= 0.6 is 0 Å². The topological polar surface area (TPSA) is 0 Å². The summed E-state index contributed by atoms with van der Waals surface area (Å²) in [6.07, 6.45) is 13.5. The molecule has 1 aromatic carbocycles. The van der Waals surface area contributed by atoms with E-state index in [4.69, 9.17) is 0 Å². The number of rotatable bonds is 5. The van der Waals surface area contributed by atoms with Gasteiger partial charge in [0, 0.05) is 5.41 Å². The van der Waals surface area contributed by atoms with Crippen LogP contribution in [0.25, 0.3) is 5.57 Å². The summed E-state index contributed by atoms with van der Waals surface area (Å²) in [4.78, 5) is 0. The van der Waals surface area contributed by atoms with Crippen LogP contribution in [-0.2, 0) is 6.42 Å². The highest BCUT2D eigenvalue weighted by Crippen LogP contribution is 2.41. The molecule has 0 heterocycles. The maximum Gasteiger partial charge on any atom is 0.0141 e. The fourth-order valence-electron chi connectivity index (χ4n) is 2.66. The van der Waals surface area contributed by atoms with Crippen molar-refractivity contribution in [2.45, 2.75) is 39.5 Å². The van der Waals surface area contributed by atoms with Crippen molar-refractivity contribution in [2.75, 3.05) is 0 Å². The number of allylic oxidation sites excluding steroid dienone is 5. The Labute approximate surface area is 117 Å². The standard InChI is InChI=1S/C19H24/c1-4-5-11-17-12-7-8-13-18(17)16(2)19(3)14-9-6-10-15-19/h6-10,12-14H,2,4-5,11,15H2,1,3H3. The number of unbranched alkanes of at least 4 members (excludes halogenated alkanes) is 1. The van der Waals surface area contributed by atoms with E-state index in [1.54, 1.807) is 0 Å². The minimum atomic E-state index is 0.0665. The SMILES string of the molecule is C=C(c1ccccc1CCCC)C1(C)C=CC=CC1. The Hall–Kier alpha value is -1.56. The third-order valence-corrected chi connectivity index (χ3v) is 4.08. The minimum absolute atomic E-state index is 0.0665. The molecule has 0 amide bonds. The molecule has 0 heteroatoms. The Morgan fingerprint density at radius 3 is 2.74 bits per heavy atom. The lowest BCUT2D eigenvalue weighted by Crippen LogP contribution is -2.16. The maximum atomic E-state index is 4.40. The maximum absolute atomic E-state index is 4.40. The van der Waals surface area contributed by atoms with Crippen molar-refractivity contribution in [3.8, 4) is 0 Å². The largest absolute Gasteiger partial charge is 0.0943 e. The molecule has 1 aromatic rings. The Kier molecular flexibility index (Phi) is 4.42. The van der Waals surface area contributed by atoms with Gasteiger partial charge in [-0.2, -0.15) is 0 Å². The van der Waals surface area contributed by atoms with Gasteiger partial charge in [0.2, 0.25) is 0 Å². The van der Waals surface area contributed by atoms with Crippen molar-refractivity contribution >= 4 is 5.57 Å². The lowest BCUT2D eigenvalue weighted by molar-refractivity contribution is 0.578. The van der Waals surface area contributed by atoms with Crippen molar-refractivity contribution in [3.05, 3.63) is 66.3 Å². The quantitative estimate of drug-likeness (QED) is 0.643. The van der Waals surface area contributed by atoms with E-state index in [1.165, 1.54) is 29.5 Å². The summed E-state index contributed by atoms with van der Waals surface area (Å²) in [6, 6.07) is 8.75. The molecule has 1 atom stereocenters. The smallest absolute Gasteiger partial charge is 0.0141 e. The molecule has 0 fully saturated rings. The molecule has 0 N–H and O–H groups in total. The van der Waals surface area contributed by atoms with E-state index >= 15 is 0 Å². The van der Waals surface area contributed by atoms with Crippen molar-refractivity contribution in [1.82, 2.24) is 0 Å². The molecule has 0 saturated heterocycles. The second-order valence-electron chi connectivity index (χ2n) is 5.65. The fourth-order valence-corrected chi connectivity index (χ4v) is 2.66. The molecule has 1 aliphatic rings. The molecule has 0 aliphatic heterocycles. The van der Waals surface area contributed by atoms with Crippen LogP contribution in [0.5, 0.6) is 0 Å². The molecule has 0 aromatic heterocycles. The van der Waals surface area contributed by atoms with Crippen LogP contribution in [0.1, 0.15) is 44.2 Å². The number of benzene rings is 1. The zero-order valence-electron chi connectivity index (χ0n) is 12.2. The first-order valence-electron chi connectivity index (χ1n) is 7.29. The van der Waals surface area contributed by atoms with Crippen molar-refractivity contribution in [1.29, 1.82) is 0 Å². The normalized spacial score (nSPS) is 21.6. The summed E-state index contributed by atoms with van der Waals surface area (Å²) in [5.41, 5.74) is 4.11. The van der Waals surface area contributed by atoms with Gasteiger partial charge >= 0.3 is 0 Å². The van der Waals surface area contributed by atoms with E-state index in [-0.39, 0.29) is 5.41 Å². The van der Waals surface area contributed by atoms with E-state index < -0.39 is 0 Å². The average molecular weight is 252 g/mol. The minimum Gasteiger partial charge on any atom is -0.0943 e. The van der Waals surface area contributed by atoms with Crippen LogP contribution in [0.2, 0.25) is 0 Å². The van der Waals surface area contributed by atoms with Crippen molar-refractivity contribution < 1.29 is 0 Å². The molecule has 0 radical (unpaired) electrons. The zero-order valence-corrected chi connectivity index (χ0v) is 12.2. The molecular formula is C19H24. The van der Waals surface area contributed by atoms with Gasteiger partial charge in [0.25, 0.3) is 0 Å². The van der Waals surface area contributed by atoms with Crippen LogP contribution in [0.15, 0.2) is 55.1 Å². The first kappa shape index (κ1) is 13.9. The molecule has 100 valence electrons. The lowest BCUT2D eigenvalue weighted by atomic mass is 9.73. The van der Waals surface area contributed by atoms with Crippen LogP contribution < -0.4 is 0 Å². The summed E-state index contributed by atoms with van der Waals surface area (Å²) in [5, 5.41) is 0. The molecule has 0 bridgehead atoms. The van der Waals surface area contributed by atoms with Gasteiger partial charge in [-0.05, 0) is 36.0 Å². The Morgan fingerprint density at radius 2 is 2.05 bits per heavy atom. The summed E-state index contributed by atoms with van der Waals surface area (Å²) in [6.45, 7) is 8.93. The molecule has 0 saturated carbocycles.